The minimum absolute atomic E-state index is 0.139. The molecular weight excluding hydrogens is 523 g/mol. The van der Waals surface area contributed by atoms with Crippen molar-refractivity contribution < 1.29 is 28.3 Å². The van der Waals surface area contributed by atoms with E-state index in [-0.39, 0.29) is 41.9 Å². The van der Waals surface area contributed by atoms with Gasteiger partial charge in [-0.05, 0) is 75.7 Å². The van der Waals surface area contributed by atoms with E-state index in [4.69, 9.17) is 4.74 Å². The van der Waals surface area contributed by atoms with Crippen LogP contribution in [0.3, 0.4) is 0 Å². The van der Waals surface area contributed by atoms with Crippen LogP contribution in [0.1, 0.15) is 59.4 Å². The number of hydrogen-bond acceptors (Lipinski definition) is 6. The van der Waals surface area contributed by atoms with Gasteiger partial charge >= 0.3 is 6.09 Å². The lowest BCUT2D eigenvalue weighted by atomic mass is 9.94. The predicted octanol–water partition coefficient (Wildman–Crippen LogP) is 3.47. The van der Waals surface area contributed by atoms with Crippen molar-refractivity contribution in [3.05, 3.63) is 35.6 Å². The molecule has 1 saturated heterocycles. The zero-order chi connectivity index (χ0) is 29.2. The second-order valence-corrected chi connectivity index (χ2v) is 12.1. The van der Waals surface area contributed by atoms with Crippen LogP contribution in [-0.4, -0.2) is 71.5 Å². The number of carbonyl (C=O) groups is 4. The Hall–Kier alpha value is -2.82. The summed E-state index contributed by atoms with van der Waals surface area (Å²) in [4.78, 5) is 53.1. The topological polar surface area (TPSA) is 117 Å². The van der Waals surface area contributed by atoms with Crippen molar-refractivity contribution in [2.24, 2.45) is 11.8 Å². The number of alkyl carbamates (subject to hydrolysis) is 1. The molecule has 0 saturated carbocycles. The van der Waals surface area contributed by atoms with Crippen LogP contribution in [0.2, 0.25) is 0 Å². The first-order chi connectivity index (χ1) is 18.3. The molecule has 4 amide bonds. The molecule has 11 heteroatoms. The van der Waals surface area contributed by atoms with E-state index in [1.165, 1.54) is 12.1 Å². The molecule has 0 aromatic heterocycles. The summed E-state index contributed by atoms with van der Waals surface area (Å²) < 4.78 is 18.5. The lowest BCUT2D eigenvalue weighted by Crippen LogP contribution is -2.54. The van der Waals surface area contributed by atoms with Crippen molar-refractivity contribution in [1.82, 2.24) is 20.9 Å². The number of thioether (sulfide) groups is 1. The van der Waals surface area contributed by atoms with Gasteiger partial charge in [-0.2, -0.15) is 11.8 Å². The Morgan fingerprint density at radius 2 is 1.69 bits per heavy atom. The fraction of sp³-hybridized carbons (Fsp3) is 0.643. The molecule has 1 aliphatic rings. The first kappa shape index (κ1) is 32.4. The van der Waals surface area contributed by atoms with Crippen LogP contribution in [0.15, 0.2) is 24.3 Å². The maximum atomic E-state index is 13.2. The molecule has 2 unspecified atom stereocenters. The maximum absolute atomic E-state index is 13.2. The number of carbonyl (C=O) groups excluding carboxylic acids is 4. The molecule has 39 heavy (non-hydrogen) atoms. The van der Waals surface area contributed by atoms with Gasteiger partial charge in [0.05, 0.1) is 0 Å². The monoisotopic (exact) mass is 566 g/mol. The van der Waals surface area contributed by atoms with Crippen LogP contribution >= 0.6 is 11.8 Å². The third kappa shape index (κ3) is 11.1. The van der Waals surface area contributed by atoms with E-state index in [1.807, 2.05) is 20.1 Å². The summed E-state index contributed by atoms with van der Waals surface area (Å²) in [5.41, 5.74) is 0.0850. The summed E-state index contributed by atoms with van der Waals surface area (Å²) >= 11 is 1.59. The standard InChI is InChI=1S/C28H43FN4O5S/c1-18(2)23(25(35)30-17-19-7-9-21(29)10-8-19)32-24(34)20-11-14-33(15-12-20)26(36)22(13-16-39-6)31-27(37)38-28(3,4)5/h7-10,18,20,22-23H,11-17H2,1-6H3,(H,30,35)(H,31,37)(H,32,34). The van der Waals surface area contributed by atoms with Crippen molar-refractivity contribution in [3.63, 3.8) is 0 Å². The van der Waals surface area contributed by atoms with Crippen molar-refractivity contribution in [1.29, 1.82) is 0 Å². The van der Waals surface area contributed by atoms with Gasteiger partial charge in [0.15, 0.2) is 0 Å². The number of amides is 4. The Balaban J connectivity index is 1.91. The molecule has 1 heterocycles. The second-order valence-electron chi connectivity index (χ2n) is 11.2. The average molecular weight is 567 g/mol. The third-order valence-electron chi connectivity index (χ3n) is 6.40. The predicted molar refractivity (Wildman–Crippen MR) is 150 cm³/mol. The SMILES string of the molecule is CSCCC(NC(=O)OC(C)(C)C)C(=O)N1CCC(C(=O)NC(C(=O)NCc2ccc(F)cc2)C(C)C)CC1. The van der Waals surface area contributed by atoms with E-state index >= 15 is 0 Å². The second kappa shape index (κ2) is 15.1. The van der Waals surface area contributed by atoms with Crippen molar-refractivity contribution in [2.75, 3.05) is 25.1 Å². The molecule has 0 bridgehead atoms. The maximum Gasteiger partial charge on any atom is 0.408 e. The van der Waals surface area contributed by atoms with Crippen molar-refractivity contribution in [2.45, 2.75) is 78.1 Å². The quantitative estimate of drug-likeness (QED) is 0.378. The van der Waals surface area contributed by atoms with Crippen molar-refractivity contribution in [3.8, 4) is 0 Å². The summed E-state index contributed by atoms with van der Waals surface area (Å²) in [6.07, 6.45) is 2.70. The molecule has 1 aromatic carbocycles. The van der Waals surface area contributed by atoms with Crippen LogP contribution < -0.4 is 16.0 Å². The number of piperidine rings is 1. The van der Waals surface area contributed by atoms with Gasteiger partial charge in [0, 0.05) is 25.6 Å². The summed E-state index contributed by atoms with van der Waals surface area (Å²) in [6.45, 7) is 10.00. The first-order valence-electron chi connectivity index (χ1n) is 13.4. The highest BCUT2D eigenvalue weighted by Crippen LogP contribution is 2.20. The minimum atomic E-state index is -0.716. The molecule has 0 aliphatic carbocycles. The molecule has 1 aliphatic heterocycles. The van der Waals surface area contributed by atoms with Crippen molar-refractivity contribution >= 4 is 35.6 Å². The van der Waals surface area contributed by atoms with Gasteiger partial charge in [-0.3, -0.25) is 14.4 Å². The molecule has 0 radical (unpaired) electrons. The summed E-state index contributed by atoms with van der Waals surface area (Å²) in [5, 5.41) is 8.41. The van der Waals surface area contributed by atoms with Crippen LogP contribution in [0.5, 0.6) is 0 Å². The highest BCUT2D eigenvalue weighted by molar-refractivity contribution is 7.98. The van der Waals surface area contributed by atoms with Gasteiger partial charge < -0.3 is 25.6 Å². The molecule has 1 fully saturated rings. The largest absolute Gasteiger partial charge is 0.444 e. The number of ether oxygens (including phenoxy) is 1. The Morgan fingerprint density at radius 1 is 1.08 bits per heavy atom. The number of benzene rings is 1. The lowest BCUT2D eigenvalue weighted by molar-refractivity contribution is -0.138. The number of rotatable bonds is 11. The number of halogens is 1. The molecule has 0 spiro atoms. The molecule has 2 atom stereocenters. The van der Waals surface area contributed by atoms with Gasteiger partial charge in [-0.1, -0.05) is 26.0 Å². The fourth-order valence-electron chi connectivity index (χ4n) is 4.23. The highest BCUT2D eigenvalue weighted by Gasteiger charge is 2.34. The van der Waals surface area contributed by atoms with Crippen LogP contribution in [0.4, 0.5) is 9.18 Å². The van der Waals surface area contributed by atoms with E-state index in [0.29, 0.717) is 38.1 Å². The summed E-state index contributed by atoms with van der Waals surface area (Å²) in [6, 6.07) is 4.45. The van der Waals surface area contributed by atoms with Gasteiger partial charge in [-0.25, -0.2) is 9.18 Å². The third-order valence-corrected chi connectivity index (χ3v) is 7.05. The number of nitrogens with one attached hydrogen (secondary N) is 3. The van der Waals surface area contributed by atoms with E-state index in [2.05, 4.69) is 16.0 Å². The number of likely N-dealkylation sites (tertiary alicyclic amines) is 1. The Morgan fingerprint density at radius 3 is 2.23 bits per heavy atom. The zero-order valence-electron chi connectivity index (χ0n) is 23.8. The molecular formula is C28H43FN4O5S. The highest BCUT2D eigenvalue weighted by atomic mass is 32.2. The fourth-order valence-corrected chi connectivity index (χ4v) is 4.70. The molecule has 9 nitrogen and oxygen atoms in total. The lowest BCUT2D eigenvalue weighted by Gasteiger charge is -2.34. The van der Waals surface area contributed by atoms with E-state index in [1.54, 1.807) is 49.6 Å². The van der Waals surface area contributed by atoms with Gasteiger partial charge in [0.25, 0.3) is 0 Å². The molecule has 1 aromatic rings. The Labute approximate surface area is 235 Å². The first-order valence-corrected chi connectivity index (χ1v) is 14.8. The molecule has 3 N–H and O–H groups in total. The van der Waals surface area contributed by atoms with Crippen LogP contribution in [-0.2, 0) is 25.7 Å². The molecule has 218 valence electrons. The normalized spacial score (nSPS) is 15.8. The minimum Gasteiger partial charge on any atom is -0.444 e. The van der Waals surface area contributed by atoms with Crippen LogP contribution in [0.25, 0.3) is 0 Å². The van der Waals surface area contributed by atoms with Gasteiger partial charge in [-0.15, -0.1) is 0 Å². The molecule has 2 rings (SSSR count). The summed E-state index contributed by atoms with van der Waals surface area (Å²) in [7, 11) is 0. The Kier molecular flexibility index (Phi) is 12.5. The van der Waals surface area contributed by atoms with Gasteiger partial charge in [0.2, 0.25) is 17.7 Å². The van der Waals surface area contributed by atoms with E-state index in [9.17, 15) is 23.6 Å². The Bertz CT molecular complexity index is 975. The average Bonchev–Trinajstić information content (AvgIpc) is 2.87. The summed E-state index contributed by atoms with van der Waals surface area (Å²) in [5.74, 6) is -0.827. The number of hydrogen-bond donors (Lipinski definition) is 3. The smallest absolute Gasteiger partial charge is 0.408 e. The number of nitrogens with zero attached hydrogens (tertiary/aromatic N) is 1. The van der Waals surface area contributed by atoms with E-state index < -0.39 is 23.8 Å². The van der Waals surface area contributed by atoms with Crippen LogP contribution in [0, 0.1) is 17.7 Å². The van der Waals surface area contributed by atoms with Gasteiger partial charge in [0.1, 0.15) is 23.5 Å². The van der Waals surface area contributed by atoms with E-state index in [0.717, 1.165) is 5.56 Å². The zero-order valence-corrected chi connectivity index (χ0v) is 24.7.